The molecular weight excluding hydrogens is 541 g/mol. The van der Waals surface area contributed by atoms with Crippen LogP contribution in [0.1, 0.15) is 28.3 Å². The zero-order valence-corrected chi connectivity index (χ0v) is 22.4. The summed E-state index contributed by atoms with van der Waals surface area (Å²) in [7, 11) is 3.63. The summed E-state index contributed by atoms with van der Waals surface area (Å²) in [5.41, 5.74) is 4.83. The highest BCUT2D eigenvalue weighted by atomic mass is 127. The molecule has 3 N–H and O–H groups in total. The Labute approximate surface area is 217 Å². The van der Waals surface area contributed by atoms with Gasteiger partial charge in [-0.1, -0.05) is 24.3 Å². The van der Waals surface area contributed by atoms with Crippen LogP contribution in [0.2, 0.25) is 0 Å². The Kier molecular flexibility index (Phi) is 8.91. The van der Waals surface area contributed by atoms with Gasteiger partial charge in [0.1, 0.15) is 11.6 Å². The number of fused-ring (bicyclic) bond motifs is 1. The van der Waals surface area contributed by atoms with Gasteiger partial charge in [-0.05, 0) is 55.2 Å². The number of nitrogens with one attached hydrogen (secondary N) is 3. The predicted octanol–water partition coefficient (Wildman–Crippen LogP) is 4.02. The number of hydrogen-bond donors (Lipinski definition) is 3. The smallest absolute Gasteiger partial charge is 0.191 e. The minimum Gasteiger partial charge on any atom is -0.497 e. The van der Waals surface area contributed by atoms with Crippen molar-refractivity contribution < 1.29 is 4.74 Å². The van der Waals surface area contributed by atoms with Gasteiger partial charge >= 0.3 is 0 Å². The number of guanidine groups is 1. The predicted molar refractivity (Wildman–Crippen MR) is 147 cm³/mol. The van der Waals surface area contributed by atoms with Crippen LogP contribution in [-0.2, 0) is 26.6 Å². The Morgan fingerprint density at radius 3 is 2.59 bits per heavy atom. The van der Waals surface area contributed by atoms with Gasteiger partial charge in [0.15, 0.2) is 11.8 Å². The number of ether oxygens (including phenoxy) is 1. The standard InChI is InChI=1S/C25H31N7O.HI/c1-17-5-10-22-20(15-27-23(22)13-17)11-12-26-25(29-16-24-31-30-18(2)32(24)3)28-14-19-6-8-21(33-4)9-7-19;/h5-10,13,15,27H,11-12,14,16H2,1-4H3,(H2,26,28,29);1H. The van der Waals surface area contributed by atoms with Crippen molar-refractivity contribution in [1.29, 1.82) is 0 Å². The van der Waals surface area contributed by atoms with E-state index < -0.39 is 0 Å². The second-order valence-corrected chi connectivity index (χ2v) is 8.13. The third-order valence-electron chi connectivity index (χ3n) is 5.79. The van der Waals surface area contributed by atoms with Gasteiger partial charge in [-0.25, -0.2) is 4.99 Å². The van der Waals surface area contributed by atoms with E-state index in [2.05, 4.69) is 57.1 Å². The minimum atomic E-state index is 0. The van der Waals surface area contributed by atoms with Crippen molar-refractivity contribution in [3.05, 3.63) is 77.0 Å². The Balaban J connectivity index is 0.00000324. The number of hydrogen-bond acceptors (Lipinski definition) is 4. The lowest BCUT2D eigenvalue weighted by atomic mass is 10.1. The molecule has 0 saturated carbocycles. The number of methoxy groups -OCH3 is 1. The molecule has 0 aliphatic carbocycles. The van der Waals surface area contributed by atoms with Crippen LogP contribution >= 0.6 is 24.0 Å². The lowest BCUT2D eigenvalue weighted by Crippen LogP contribution is -2.38. The molecule has 0 unspecified atom stereocenters. The highest BCUT2D eigenvalue weighted by Crippen LogP contribution is 2.19. The van der Waals surface area contributed by atoms with Crippen molar-refractivity contribution >= 4 is 40.8 Å². The zero-order chi connectivity index (χ0) is 23.2. The van der Waals surface area contributed by atoms with Crippen LogP contribution in [0.3, 0.4) is 0 Å². The second kappa shape index (κ2) is 11.9. The summed E-state index contributed by atoms with van der Waals surface area (Å²) < 4.78 is 7.22. The first-order valence-corrected chi connectivity index (χ1v) is 11.1. The Hall–Kier alpha value is -3.08. The molecule has 0 bridgehead atoms. The molecule has 4 rings (SSSR count). The fraction of sp³-hybridized carbons (Fsp3) is 0.320. The van der Waals surface area contributed by atoms with E-state index in [1.165, 1.54) is 22.0 Å². The minimum absolute atomic E-state index is 0. The average molecular weight is 573 g/mol. The molecule has 9 heteroatoms. The third-order valence-corrected chi connectivity index (χ3v) is 5.79. The molecule has 2 aromatic carbocycles. The summed E-state index contributed by atoms with van der Waals surface area (Å²) in [6, 6.07) is 14.5. The van der Waals surface area contributed by atoms with E-state index in [0.717, 1.165) is 41.9 Å². The quantitative estimate of drug-likeness (QED) is 0.168. The Morgan fingerprint density at radius 1 is 1.09 bits per heavy atom. The molecule has 0 atom stereocenters. The molecule has 0 amide bonds. The number of nitrogens with zero attached hydrogens (tertiary/aromatic N) is 4. The summed E-state index contributed by atoms with van der Waals surface area (Å²) in [5, 5.41) is 16.5. The van der Waals surface area contributed by atoms with Crippen molar-refractivity contribution in [2.24, 2.45) is 12.0 Å². The number of aromatic amines is 1. The van der Waals surface area contributed by atoms with Gasteiger partial charge in [0.2, 0.25) is 0 Å². The van der Waals surface area contributed by atoms with Gasteiger partial charge in [0.25, 0.3) is 0 Å². The number of halogens is 1. The lowest BCUT2D eigenvalue weighted by molar-refractivity contribution is 0.414. The molecule has 0 aliphatic rings. The van der Waals surface area contributed by atoms with Gasteiger partial charge in [0, 0.05) is 30.7 Å². The largest absolute Gasteiger partial charge is 0.497 e. The molecule has 180 valence electrons. The molecule has 34 heavy (non-hydrogen) atoms. The number of rotatable bonds is 8. The summed E-state index contributed by atoms with van der Waals surface area (Å²) in [6.45, 7) is 5.91. The topological polar surface area (TPSA) is 92.2 Å². The van der Waals surface area contributed by atoms with E-state index in [1.54, 1.807) is 7.11 Å². The van der Waals surface area contributed by atoms with Crippen molar-refractivity contribution in [2.75, 3.05) is 13.7 Å². The Bertz CT molecular complexity index is 1240. The maximum atomic E-state index is 5.24. The van der Waals surface area contributed by atoms with Gasteiger partial charge in [0.05, 0.1) is 20.2 Å². The normalized spacial score (nSPS) is 11.4. The number of aromatic nitrogens is 4. The number of aryl methyl sites for hydroxylation is 2. The molecule has 0 aliphatic heterocycles. The first-order valence-electron chi connectivity index (χ1n) is 11.1. The van der Waals surface area contributed by atoms with Crippen molar-refractivity contribution in [3.8, 4) is 5.75 Å². The SMILES string of the molecule is COc1ccc(CN=C(NCCc2c[nH]c3cc(C)ccc23)NCc2nnc(C)n2C)cc1.I. The van der Waals surface area contributed by atoms with Crippen molar-refractivity contribution in [2.45, 2.75) is 33.4 Å². The van der Waals surface area contributed by atoms with E-state index in [4.69, 9.17) is 9.73 Å². The monoisotopic (exact) mass is 573 g/mol. The number of H-pyrrole nitrogens is 1. The van der Waals surface area contributed by atoms with Gasteiger partial charge in [-0.3, -0.25) is 0 Å². The molecule has 0 spiro atoms. The van der Waals surface area contributed by atoms with E-state index >= 15 is 0 Å². The summed E-state index contributed by atoms with van der Waals surface area (Å²) >= 11 is 0. The fourth-order valence-corrected chi connectivity index (χ4v) is 3.67. The van der Waals surface area contributed by atoms with E-state index in [0.29, 0.717) is 13.1 Å². The zero-order valence-electron chi connectivity index (χ0n) is 20.1. The van der Waals surface area contributed by atoms with Crippen LogP contribution in [0, 0.1) is 13.8 Å². The highest BCUT2D eigenvalue weighted by Gasteiger charge is 2.08. The van der Waals surface area contributed by atoms with Gasteiger partial charge in [-0.2, -0.15) is 0 Å². The number of benzene rings is 2. The maximum Gasteiger partial charge on any atom is 0.191 e. The van der Waals surface area contributed by atoms with Crippen LogP contribution in [0.4, 0.5) is 0 Å². The van der Waals surface area contributed by atoms with Crippen molar-refractivity contribution in [3.63, 3.8) is 0 Å². The molecule has 2 heterocycles. The summed E-state index contributed by atoms with van der Waals surface area (Å²) in [5.74, 6) is 3.32. The van der Waals surface area contributed by atoms with E-state index in [-0.39, 0.29) is 24.0 Å². The summed E-state index contributed by atoms with van der Waals surface area (Å²) in [4.78, 5) is 8.16. The molecular formula is C25H32IN7O. The molecule has 0 saturated heterocycles. The van der Waals surface area contributed by atoms with Crippen LogP contribution in [0.25, 0.3) is 10.9 Å². The third kappa shape index (κ3) is 6.28. The van der Waals surface area contributed by atoms with E-state index in [9.17, 15) is 0 Å². The van der Waals surface area contributed by atoms with Crippen LogP contribution in [0.5, 0.6) is 5.75 Å². The molecule has 0 radical (unpaired) electrons. The first kappa shape index (κ1) is 25.5. The molecule has 0 fully saturated rings. The lowest BCUT2D eigenvalue weighted by Gasteiger charge is -2.13. The van der Waals surface area contributed by atoms with Gasteiger partial charge < -0.3 is 24.9 Å². The molecule has 2 aromatic heterocycles. The van der Waals surface area contributed by atoms with Crippen LogP contribution in [0.15, 0.2) is 53.7 Å². The first-order chi connectivity index (χ1) is 16.0. The fourth-order valence-electron chi connectivity index (χ4n) is 3.67. The second-order valence-electron chi connectivity index (χ2n) is 8.13. The van der Waals surface area contributed by atoms with Gasteiger partial charge in [-0.15, -0.1) is 34.2 Å². The molecule has 8 nitrogen and oxygen atoms in total. The average Bonchev–Trinajstić information content (AvgIpc) is 3.37. The van der Waals surface area contributed by atoms with Crippen molar-refractivity contribution in [1.82, 2.24) is 30.4 Å². The number of aliphatic imine (C=N–C) groups is 1. The van der Waals surface area contributed by atoms with Crippen LogP contribution < -0.4 is 15.4 Å². The Morgan fingerprint density at radius 2 is 1.88 bits per heavy atom. The van der Waals surface area contributed by atoms with Crippen LogP contribution in [-0.4, -0.2) is 39.4 Å². The van der Waals surface area contributed by atoms with E-state index in [1.807, 2.05) is 42.8 Å². The maximum absolute atomic E-state index is 5.24. The highest BCUT2D eigenvalue weighted by molar-refractivity contribution is 14.0. The molecule has 4 aromatic rings. The summed E-state index contributed by atoms with van der Waals surface area (Å²) in [6.07, 6.45) is 2.98.